The molecule has 11 heteroatoms. The first-order valence-electron chi connectivity index (χ1n) is 10.3. The molecule has 0 unspecified atom stereocenters. The van der Waals surface area contributed by atoms with Crippen LogP contribution < -0.4 is 16.8 Å². The van der Waals surface area contributed by atoms with Crippen molar-refractivity contribution in [1.29, 1.82) is 0 Å². The van der Waals surface area contributed by atoms with E-state index < -0.39 is 35.1 Å². The molecule has 1 aromatic carbocycles. The number of nitrogens with one attached hydrogen (secondary N) is 1. The summed E-state index contributed by atoms with van der Waals surface area (Å²) in [4.78, 5) is 44.2. The summed E-state index contributed by atoms with van der Waals surface area (Å²) in [7, 11) is 0. The second-order valence-electron chi connectivity index (χ2n) is 8.63. The topological polar surface area (TPSA) is 144 Å². The molecule has 5 N–H and O–H groups in total. The SMILES string of the molecule is CC(C)(C)NC(=O)[C@H](c1ccc(F)cc1)N(Cc1cccnc1)C(=O)c1snc(C(N)=O)c1N. The first-order valence-corrected chi connectivity index (χ1v) is 11.1. The third-order valence-corrected chi connectivity index (χ3v) is 5.59. The second kappa shape index (κ2) is 9.96. The van der Waals surface area contributed by atoms with Crippen LogP contribution in [0.1, 0.15) is 58.1 Å². The van der Waals surface area contributed by atoms with Gasteiger partial charge in [-0.1, -0.05) is 18.2 Å². The molecule has 0 aliphatic heterocycles. The highest BCUT2D eigenvalue weighted by molar-refractivity contribution is 7.09. The minimum absolute atomic E-state index is 0.0183. The number of carbonyl (C=O) groups is 3. The maximum Gasteiger partial charge on any atom is 0.270 e. The summed E-state index contributed by atoms with van der Waals surface area (Å²) >= 11 is 0.717. The zero-order valence-electron chi connectivity index (χ0n) is 18.9. The Morgan fingerprint density at radius 1 is 1.18 bits per heavy atom. The van der Waals surface area contributed by atoms with Crippen molar-refractivity contribution in [1.82, 2.24) is 19.6 Å². The number of primary amides is 1. The number of benzene rings is 1. The number of nitrogens with two attached hydrogens (primary N) is 2. The number of aromatic nitrogens is 2. The predicted octanol–water partition coefficient (Wildman–Crippen LogP) is 2.66. The highest BCUT2D eigenvalue weighted by Gasteiger charge is 2.36. The van der Waals surface area contributed by atoms with Gasteiger partial charge in [-0.05, 0) is 61.6 Å². The van der Waals surface area contributed by atoms with Gasteiger partial charge in [0.1, 0.15) is 16.7 Å². The van der Waals surface area contributed by atoms with E-state index in [4.69, 9.17) is 11.5 Å². The van der Waals surface area contributed by atoms with Crippen molar-refractivity contribution in [3.63, 3.8) is 0 Å². The van der Waals surface area contributed by atoms with Crippen molar-refractivity contribution >= 4 is 34.9 Å². The van der Waals surface area contributed by atoms with Gasteiger partial charge in [0, 0.05) is 24.5 Å². The molecule has 0 aliphatic carbocycles. The lowest BCUT2D eigenvalue weighted by atomic mass is 10.0. The van der Waals surface area contributed by atoms with Gasteiger partial charge in [-0.15, -0.1) is 0 Å². The maximum absolute atomic E-state index is 13.7. The Morgan fingerprint density at radius 2 is 1.85 bits per heavy atom. The Balaban J connectivity index is 2.15. The Kier molecular flexibility index (Phi) is 7.26. The monoisotopic (exact) mass is 484 g/mol. The Hall–Kier alpha value is -3.86. The van der Waals surface area contributed by atoms with E-state index in [-0.39, 0.29) is 22.8 Å². The number of carbonyl (C=O) groups excluding carboxylic acids is 3. The van der Waals surface area contributed by atoms with Gasteiger partial charge < -0.3 is 21.7 Å². The number of hydrogen-bond donors (Lipinski definition) is 3. The number of rotatable bonds is 7. The highest BCUT2D eigenvalue weighted by atomic mass is 32.1. The van der Waals surface area contributed by atoms with Crippen LogP contribution in [-0.4, -0.2) is 37.5 Å². The second-order valence-corrected chi connectivity index (χ2v) is 9.40. The van der Waals surface area contributed by atoms with E-state index in [0.717, 1.165) is 11.5 Å². The third kappa shape index (κ3) is 5.73. The minimum Gasteiger partial charge on any atom is -0.395 e. The van der Waals surface area contributed by atoms with Gasteiger partial charge >= 0.3 is 0 Å². The van der Waals surface area contributed by atoms with E-state index in [2.05, 4.69) is 14.7 Å². The number of hydrogen-bond acceptors (Lipinski definition) is 7. The van der Waals surface area contributed by atoms with Crippen molar-refractivity contribution in [2.45, 2.75) is 38.9 Å². The van der Waals surface area contributed by atoms with E-state index in [9.17, 15) is 18.8 Å². The predicted molar refractivity (Wildman–Crippen MR) is 126 cm³/mol. The van der Waals surface area contributed by atoms with Crippen LogP contribution >= 0.6 is 11.5 Å². The molecule has 0 fully saturated rings. The Bertz CT molecular complexity index is 1190. The number of pyridine rings is 1. The van der Waals surface area contributed by atoms with E-state index in [1.54, 1.807) is 45.3 Å². The molecule has 2 heterocycles. The quantitative estimate of drug-likeness (QED) is 0.470. The van der Waals surface area contributed by atoms with Gasteiger partial charge in [0.15, 0.2) is 5.69 Å². The molecular weight excluding hydrogens is 459 g/mol. The van der Waals surface area contributed by atoms with Crippen LogP contribution in [-0.2, 0) is 11.3 Å². The number of halogens is 1. The maximum atomic E-state index is 13.7. The fourth-order valence-electron chi connectivity index (χ4n) is 3.28. The minimum atomic E-state index is -1.15. The van der Waals surface area contributed by atoms with Gasteiger partial charge in [-0.2, -0.15) is 4.37 Å². The van der Waals surface area contributed by atoms with Crippen LogP contribution in [0.5, 0.6) is 0 Å². The van der Waals surface area contributed by atoms with Gasteiger partial charge in [0.05, 0.1) is 5.69 Å². The summed E-state index contributed by atoms with van der Waals surface area (Å²) < 4.78 is 17.6. The molecule has 0 saturated heterocycles. The molecule has 34 heavy (non-hydrogen) atoms. The molecule has 2 aromatic heterocycles. The van der Waals surface area contributed by atoms with E-state index in [1.165, 1.54) is 29.2 Å². The van der Waals surface area contributed by atoms with E-state index in [0.29, 0.717) is 11.1 Å². The average molecular weight is 485 g/mol. The summed E-state index contributed by atoms with van der Waals surface area (Å²) in [5.41, 5.74) is 11.4. The van der Waals surface area contributed by atoms with Crippen molar-refractivity contribution in [2.75, 3.05) is 5.73 Å². The fraction of sp³-hybridized carbons (Fsp3) is 0.261. The molecule has 3 rings (SSSR count). The van der Waals surface area contributed by atoms with E-state index >= 15 is 0 Å². The summed E-state index contributed by atoms with van der Waals surface area (Å²) in [6, 6.07) is 7.62. The Morgan fingerprint density at radius 3 is 2.38 bits per heavy atom. The lowest BCUT2D eigenvalue weighted by Crippen LogP contribution is -2.49. The van der Waals surface area contributed by atoms with Crippen LogP contribution in [0.2, 0.25) is 0 Å². The van der Waals surface area contributed by atoms with Crippen molar-refractivity contribution < 1.29 is 18.8 Å². The standard InChI is InChI=1S/C23H25FN6O3S/c1-23(2,3)28-21(32)18(14-6-8-15(24)9-7-14)30(12-13-5-4-10-27-11-13)22(33)19-16(25)17(20(26)31)29-34-19/h4-11,18H,12,25H2,1-3H3,(H2,26,31)(H,28,32)/t18-/m0/s1. The molecule has 0 aliphatic rings. The number of anilines is 1. The summed E-state index contributed by atoms with van der Waals surface area (Å²) in [6.45, 7) is 5.40. The zero-order chi connectivity index (χ0) is 25.0. The molecule has 178 valence electrons. The van der Waals surface area contributed by atoms with Gasteiger partial charge in [0.2, 0.25) is 5.91 Å². The number of nitrogens with zero attached hydrogens (tertiary/aromatic N) is 3. The van der Waals surface area contributed by atoms with Crippen LogP contribution in [0.15, 0.2) is 48.8 Å². The third-order valence-electron chi connectivity index (χ3n) is 4.74. The molecule has 3 aromatic rings. The molecule has 0 radical (unpaired) electrons. The van der Waals surface area contributed by atoms with Crippen molar-refractivity contribution in [3.8, 4) is 0 Å². The fourth-order valence-corrected chi connectivity index (χ4v) is 4.05. The number of nitrogen functional groups attached to an aromatic ring is 1. The van der Waals surface area contributed by atoms with Crippen molar-refractivity contribution in [3.05, 3.63) is 76.3 Å². The van der Waals surface area contributed by atoms with Crippen LogP contribution in [0.25, 0.3) is 0 Å². The first-order chi connectivity index (χ1) is 16.0. The molecule has 0 saturated carbocycles. The van der Waals surface area contributed by atoms with Crippen LogP contribution in [0.3, 0.4) is 0 Å². The van der Waals surface area contributed by atoms with E-state index in [1.807, 2.05) is 0 Å². The van der Waals surface area contributed by atoms with Gasteiger partial charge in [0.25, 0.3) is 11.8 Å². The average Bonchev–Trinajstić information content (AvgIpc) is 3.15. The largest absolute Gasteiger partial charge is 0.395 e. The molecule has 1 atom stereocenters. The highest BCUT2D eigenvalue weighted by Crippen LogP contribution is 2.30. The van der Waals surface area contributed by atoms with Crippen LogP contribution in [0.4, 0.5) is 10.1 Å². The zero-order valence-corrected chi connectivity index (χ0v) is 19.7. The molecule has 0 spiro atoms. The normalized spacial score (nSPS) is 12.1. The molecule has 3 amide bonds. The first kappa shape index (κ1) is 24.8. The summed E-state index contributed by atoms with van der Waals surface area (Å²) in [6.07, 6.45) is 3.15. The lowest BCUT2D eigenvalue weighted by molar-refractivity contribution is -0.127. The molecule has 9 nitrogen and oxygen atoms in total. The lowest BCUT2D eigenvalue weighted by Gasteiger charge is -2.33. The van der Waals surface area contributed by atoms with Gasteiger partial charge in [-0.3, -0.25) is 19.4 Å². The summed E-state index contributed by atoms with van der Waals surface area (Å²) in [5, 5.41) is 2.88. The smallest absolute Gasteiger partial charge is 0.270 e. The number of amides is 3. The van der Waals surface area contributed by atoms with Crippen molar-refractivity contribution in [2.24, 2.45) is 5.73 Å². The van der Waals surface area contributed by atoms with Gasteiger partial charge in [-0.25, -0.2) is 4.39 Å². The summed E-state index contributed by atoms with van der Waals surface area (Å²) in [5.74, 6) is -2.46. The molecule has 0 bridgehead atoms. The molecular formula is C23H25FN6O3S. The van der Waals surface area contributed by atoms with Crippen LogP contribution in [0, 0.1) is 5.82 Å². The Labute approximate surface area is 200 Å².